The van der Waals surface area contributed by atoms with Crippen molar-refractivity contribution in [1.82, 2.24) is 9.97 Å². The molecule has 0 bridgehead atoms. The molecule has 0 aliphatic heterocycles. The first-order chi connectivity index (χ1) is 8.72. The zero-order valence-corrected chi connectivity index (χ0v) is 12.6. The van der Waals surface area contributed by atoms with Crippen molar-refractivity contribution < 1.29 is 0 Å². The number of aromatic nitrogens is 2. The summed E-state index contributed by atoms with van der Waals surface area (Å²) in [5.41, 5.74) is 1.28. The van der Waals surface area contributed by atoms with Crippen molar-refractivity contribution in [2.45, 2.75) is 24.7 Å². The molecule has 4 heteroatoms. The predicted octanol–water partition coefficient (Wildman–Crippen LogP) is 4.20. The molecule has 1 saturated carbocycles. The van der Waals surface area contributed by atoms with Gasteiger partial charge in [-0.15, -0.1) is 0 Å². The van der Waals surface area contributed by atoms with E-state index in [1.165, 1.54) is 12.0 Å². The molecule has 0 spiro atoms. The third-order valence-electron chi connectivity index (χ3n) is 3.66. The maximum Gasteiger partial charge on any atom is 0.146 e. The Morgan fingerprint density at radius 3 is 2.44 bits per heavy atom. The molecule has 1 aliphatic carbocycles. The van der Waals surface area contributed by atoms with Crippen molar-refractivity contribution in [3.05, 3.63) is 56.6 Å². The van der Waals surface area contributed by atoms with Gasteiger partial charge in [0.15, 0.2) is 0 Å². The Balaban J connectivity index is 2.09. The van der Waals surface area contributed by atoms with Crippen molar-refractivity contribution in [3.63, 3.8) is 0 Å². The summed E-state index contributed by atoms with van der Waals surface area (Å²) >= 11 is 8.29. The van der Waals surface area contributed by atoms with E-state index >= 15 is 0 Å². The molecule has 3 rings (SSSR count). The van der Waals surface area contributed by atoms with Crippen LogP contribution in [0, 0.1) is 3.57 Å². The van der Waals surface area contributed by atoms with Gasteiger partial charge in [0.2, 0.25) is 0 Å². The topological polar surface area (TPSA) is 25.8 Å². The molecular formula is C14H12ClIN2. The minimum Gasteiger partial charge on any atom is -0.239 e. The number of halogens is 2. The number of benzene rings is 1. The summed E-state index contributed by atoms with van der Waals surface area (Å²) < 4.78 is 0.903. The average Bonchev–Trinajstić information content (AvgIpc) is 2.34. The Hall–Kier alpha value is -0.680. The SMILES string of the molecule is Clc1nc(C2(c3ccccc3)CCC2)ncc1I. The smallest absolute Gasteiger partial charge is 0.146 e. The fourth-order valence-corrected chi connectivity index (χ4v) is 2.89. The molecule has 0 amide bonds. The standard InChI is InChI=1S/C14H12ClIN2/c15-12-11(16)9-17-13(18-12)14(7-4-8-14)10-5-2-1-3-6-10/h1-3,5-6,9H,4,7-8H2. The minimum absolute atomic E-state index is 0.0186. The zero-order valence-electron chi connectivity index (χ0n) is 9.74. The molecular weight excluding hydrogens is 359 g/mol. The summed E-state index contributed by atoms with van der Waals surface area (Å²) in [6.45, 7) is 0. The van der Waals surface area contributed by atoms with Crippen LogP contribution in [0.25, 0.3) is 0 Å². The van der Waals surface area contributed by atoms with E-state index < -0.39 is 0 Å². The van der Waals surface area contributed by atoms with Crippen molar-refractivity contribution in [2.24, 2.45) is 0 Å². The molecule has 1 aliphatic rings. The van der Waals surface area contributed by atoms with Crippen LogP contribution in [0.3, 0.4) is 0 Å². The normalized spacial score (nSPS) is 17.2. The van der Waals surface area contributed by atoms with Crippen molar-refractivity contribution in [2.75, 3.05) is 0 Å². The van der Waals surface area contributed by atoms with Crippen LogP contribution in [0.4, 0.5) is 0 Å². The Labute approximate surface area is 125 Å². The lowest BCUT2D eigenvalue weighted by atomic mass is 9.64. The fraction of sp³-hybridized carbons (Fsp3) is 0.286. The number of nitrogens with zero attached hydrogens (tertiary/aromatic N) is 2. The third-order valence-corrected chi connectivity index (χ3v) is 5.06. The lowest BCUT2D eigenvalue weighted by molar-refractivity contribution is 0.285. The lowest BCUT2D eigenvalue weighted by Gasteiger charge is -2.41. The van der Waals surface area contributed by atoms with E-state index in [1.54, 1.807) is 0 Å². The highest BCUT2D eigenvalue weighted by Crippen LogP contribution is 2.47. The van der Waals surface area contributed by atoms with E-state index in [0.717, 1.165) is 22.2 Å². The molecule has 92 valence electrons. The van der Waals surface area contributed by atoms with E-state index in [-0.39, 0.29) is 5.41 Å². The Bertz CT molecular complexity index is 567. The van der Waals surface area contributed by atoms with Gasteiger partial charge < -0.3 is 0 Å². The molecule has 1 heterocycles. The maximum absolute atomic E-state index is 6.13. The molecule has 2 nitrogen and oxygen atoms in total. The fourth-order valence-electron chi connectivity index (χ4n) is 2.51. The van der Waals surface area contributed by atoms with Gasteiger partial charge in [-0.05, 0) is 41.0 Å². The molecule has 0 atom stereocenters. The largest absolute Gasteiger partial charge is 0.239 e. The van der Waals surface area contributed by atoms with Crippen LogP contribution >= 0.6 is 34.2 Å². The highest BCUT2D eigenvalue weighted by molar-refractivity contribution is 14.1. The van der Waals surface area contributed by atoms with Crippen LogP contribution in [0.1, 0.15) is 30.7 Å². The highest BCUT2D eigenvalue weighted by atomic mass is 127. The molecule has 1 aromatic carbocycles. The first-order valence-corrected chi connectivity index (χ1v) is 7.42. The Morgan fingerprint density at radius 2 is 1.89 bits per heavy atom. The van der Waals surface area contributed by atoms with Gasteiger partial charge in [-0.3, -0.25) is 0 Å². The van der Waals surface area contributed by atoms with Gasteiger partial charge in [-0.1, -0.05) is 48.4 Å². The quantitative estimate of drug-likeness (QED) is 0.585. The van der Waals surface area contributed by atoms with Gasteiger partial charge in [0.25, 0.3) is 0 Å². The van der Waals surface area contributed by atoms with E-state index in [2.05, 4.69) is 56.8 Å². The van der Waals surface area contributed by atoms with Crippen LogP contribution in [0.5, 0.6) is 0 Å². The van der Waals surface area contributed by atoms with Gasteiger partial charge in [-0.25, -0.2) is 9.97 Å². The zero-order chi connectivity index (χ0) is 12.6. The Morgan fingerprint density at radius 1 is 1.17 bits per heavy atom. The number of hydrogen-bond acceptors (Lipinski definition) is 2. The second kappa shape index (κ2) is 4.78. The monoisotopic (exact) mass is 370 g/mol. The van der Waals surface area contributed by atoms with E-state index in [4.69, 9.17) is 11.6 Å². The summed E-state index contributed by atoms with van der Waals surface area (Å²) in [5.74, 6) is 0.866. The molecule has 0 N–H and O–H groups in total. The van der Waals surface area contributed by atoms with Gasteiger partial charge >= 0.3 is 0 Å². The summed E-state index contributed by atoms with van der Waals surface area (Å²) in [5, 5.41) is 0.558. The van der Waals surface area contributed by atoms with Gasteiger partial charge in [0.05, 0.1) is 8.99 Å². The molecule has 1 aromatic heterocycles. The van der Waals surface area contributed by atoms with Crippen LogP contribution in [0.15, 0.2) is 36.5 Å². The van der Waals surface area contributed by atoms with Crippen molar-refractivity contribution in [3.8, 4) is 0 Å². The third kappa shape index (κ3) is 1.93. The van der Waals surface area contributed by atoms with Crippen molar-refractivity contribution in [1.29, 1.82) is 0 Å². The molecule has 18 heavy (non-hydrogen) atoms. The minimum atomic E-state index is -0.0186. The highest BCUT2D eigenvalue weighted by Gasteiger charge is 2.43. The number of hydrogen-bond donors (Lipinski definition) is 0. The first kappa shape index (κ1) is 12.4. The Kier molecular flexibility index (Phi) is 3.28. The summed E-state index contributed by atoms with van der Waals surface area (Å²) in [7, 11) is 0. The predicted molar refractivity (Wildman–Crippen MR) is 80.8 cm³/mol. The molecule has 0 radical (unpaired) electrons. The van der Waals surface area contributed by atoms with E-state index in [9.17, 15) is 0 Å². The van der Waals surface area contributed by atoms with Crippen LogP contribution in [-0.2, 0) is 5.41 Å². The molecule has 0 unspecified atom stereocenters. The van der Waals surface area contributed by atoms with Crippen LogP contribution in [0.2, 0.25) is 5.15 Å². The van der Waals surface area contributed by atoms with E-state index in [0.29, 0.717) is 5.15 Å². The van der Waals surface area contributed by atoms with Crippen LogP contribution < -0.4 is 0 Å². The lowest BCUT2D eigenvalue weighted by Crippen LogP contribution is -2.37. The van der Waals surface area contributed by atoms with Gasteiger partial charge in [-0.2, -0.15) is 0 Å². The number of rotatable bonds is 2. The maximum atomic E-state index is 6.13. The van der Waals surface area contributed by atoms with Crippen LogP contribution in [-0.4, -0.2) is 9.97 Å². The second-order valence-corrected chi connectivity index (χ2v) is 6.15. The molecule has 1 fully saturated rings. The first-order valence-electron chi connectivity index (χ1n) is 5.96. The van der Waals surface area contributed by atoms with E-state index in [1.807, 2.05) is 12.3 Å². The molecule has 0 saturated heterocycles. The van der Waals surface area contributed by atoms with Gasteiger partial charge in [0.1, 0.15) is 11.0 Å². The summed E-state index contributed by atoms with van der Waals surface area (Å²) in [4.78, 5) is 9.00. The molecule has 2 aromatic rings. The van der Waals surface area contributed by atoms with Crippen molar-refractivity contribution >= 4 is 34.2 Å². The summed E-state index contributed by atoms with van der Waals surface area (Å²) in [6.07, 6.45) is 5.25. The summed E-state index contributed by atoms with van der Waals surface area (Å²) in [6, 6.07) is 10.5. The average molecular weight is 371 g/mol. The van der Waals surface area contributed by atoms with Gasteiger partial charge in [0, 0.05) is 6.20 Å². The second-order valence-electron chi connectivity index (χ2n) is 4.63.